The number of hydrogen-bond donors (Lipinski definition) is 1. The molecule has 0 bridgehead atoms. The third-order valence-electron chi connectivity index (χ3n) is 4.10. The van der Waals surface area contributed by atoms with E-state index in [1.807, 2.05) is 6.07 Å². The van der Waals surface area contributed by atoms with Crippen molar-refractivity contribution in [2.75, 3.05) is 5.32 Å². The zero-order valence-electron chi connectivity index (χ0n) is 15.0. The summed E-state index contributed by atoms with van der Waals surface area (Å²) in [5.74, 6) is -0.409. The van der Waals surface area contributed by atoms with Crippen molar-refractivity contribution in [2.24, 2.45) is 0 Å². The van der Waals surface area contributed by atoms with Gasteiger partial charge in [0.05, 0.1) is 23.5 Å². The molecule has 7 nitrogen and oxygen atoms in total. The molecule has 3 aromatic rings. The molecule has 2 aromatic carbocycles. The van der Waals surface area contributed by atoms with E-state index in [1.165, 1.54) is 6.20 Å². The van der Waals surface area contributed by atoms with Gasteiger partial charge in [-0.2, -0.15) is 15.3 Å². The number of amides is 1. The summed E-state index contributed by atoms with van der Waals surface area (Å²) in [6, 6.07) is 14.6. The van der Waals surface area contributed by atoms with E-state index in [9.17, 15) is 9.59 Å². The highest BCUT2D eigenvalue weighted by Crippen LogP contribution is 2.19. The average molecular weight is 394 g/mol. The number of hydrogen-bond acceptors (Lipinski definition) is 5. The first kappa shape index (κ1) is 19.3. The van der Waals surface area contributed by atoms with Crippen molar-refractivity contribution in [3.05, 3.63) is 75.8 Å². The highest BCUT2D eigenvalue weighted by molar-refractivity contribution is 6.30. The van der Waals surface area contributed by atoms with Gasteiger partial charge in [-0.3, -0.25) is 4.79 Å². The number of anilines is 1. The topological polar surface area (TPSA) is 101 Å². The first-order valence-corrected chi connectivity index (χ1v) is 8.92. The second-order valence-corrected chi connectivity index (χ2v) is 6.42. The summed E-state index contributed by atoms with van der Waals surface area (Å²) in [7, 11) is 0. The van der Waals surface area contributed by atoms with Gasteiger partial charge in [-0.15, -0.1) is 0 Å². The first-order chi connectivity index (χ1) is 13.5. The molecule has 140 valence electrons. The van der Waals surface area contributed by atoms with Crippen molar-refractivity contribution in [3.8, 4) is 17.3 Å². The Morgan fingerprint density at radius 1 is 1.29 bits per heavy atom. The summed E-state index contributed by atoms with van der Waals surface area (Å²) < 4.78 is 1.06. The number of carbonyl (C=O) groups excluding carboxylic acids is 1. The fourth-order valence-corrected chi connectivity index (χ4v) is 2.81. The Labute approximate surface area is 166 Å². The molecule has 1 atom stereocenters. The Bertz CT molecular complexity index is 1100. The fraction of sp³-hybridized carbons (Fsp3) is 0.150. The van der Waals surface area contributed by atoms with Gasteiger partial charge in [-0.05, 0) is 36.8 Å². The van der Waals surface area contributed by atoms with Crippen molar-refractivity contribution in [3.63, 3.8) is 0 Å². The summed E-state index contributed by atoms with van der Waals surface area (Å²) in [5.41, 5.74) is 1.37. The van der Waals surface area contributed by atoms with Crippen molar-refractivity contribution in [1.29, 1.82) is 5.26 Å². The number of benzene rings is 2. The summed E-state index contributed by atoms with van der Waals surface area (Å²) in [4.78, 5) is 29.2. The van der Waals surface area contributed by atoms with Crippen molar-refractivity contribution in [2.45, 2.75) is 19.4 Å². The van der Waals surface area contributed by atoms with Crippen LogP contribution in [0.4, 0.5) is 5.69 Å². The lowest BCUT2D eigenvalue weighted by molar-refractivity contribution is -0.119. The number of carbonyl (C=O) groups is 1. The van der Waals surface area contributed by atoms with Gasteiger partial charge in [0.2, 0.25) is 5.91 Å². The van der Waals surface area contributed by atoms with E-state index in [4.69, 9.17) is 16.9 Å². The van der Waals surface area contributed by atoms with E-state index in [-0.39, 0.29) is 0 Å². The number of nitriles is 1. The molecular weight excluding hydrogens is 378 g/mol. The lowest BCUT2D eigenvalue weighted by Crippen LogP contribution is -2.36. The number of halogens is 1. The average Bonchev–Trinajstić information content (AvgIpc) is 2.70. The molecule has 0 unspecified atom stereocenters. The molecule has 28 heavy (non-hydrogen) atoms. The predicted octanol–water partition coefficient (Wildman–Crippen LogP) is 3.42. The number of aromatic nitrogens is 3. The molecule has 0 fully saturated rings. The van der Waals surface area contributed by atoms with Crippen LogP contribution >= 0.6 is 11.6 Å². The maximum absolute atomic E-state index is 12.7. The molecule has 8 heteroatoms. The van der Waals surface area contributed by atoms with Crippen LogP contribution in [0.3, 0.4) is 0 Å². The van der Waals surface area contributed by atoms with Crippen LogP contribution in [-0.4, -0.2) is 20.7 Å². The number of nitrogens with zero attached hydrogens (tertiary/aromatic N) is 4. The maximum atomic E-state index is 12.7. The van der Waals surface area contributed by atoms with Gasteiger partial charge < -0.3 is 5.32 Å². The molecule has 0 saturated heterocycles. The van der Waals surface area contributed by atoms with Gasteiger partial charge in [0, 0.05) is 16.3 Å². The van der Waals surface area contributed by atoms with Crippen LogP contribution in [-0.2, 0) is 4.79 Å². The van der Waals surface area contributed by atoms with E-state index in [1.54, 1.807) is 55.5 Å². The van der Waals surface area contributed by atoms with Crippen LogP contribution in [0.5, 0.6) is 0 Å². The molecule has 0 aliphatic heterocycles. The lowest BCUT2D eigenvalue weighted by Gasteiger charge is -2.16. The largest absolute Gasteiger partial charge is 0.365 e. The predicted molar refractivity (Wildman–Crippen MR) is 106 cm³/mol. The molecule has 0 radical (unpaired) electrons. The minimum atomic E-state index is -0.829. The van der Waals surface area contributed by atoms with Crippen molar-refractivity contribution in [1.82, 2.24) is 14.8 Å². The normalized spacial score (nSPS) is 11.5. The van der Waals surface area contributed by atoms with Crippen molar-refractivity contribution < 1.29 is 4.79 Å². The minimum absolute atomic E-state index is 0.346. The first-order valence-electron chi connectivity index (χ1n) is 8.54. The summed E-state index contributed by atoms with van der Waals surface area (Å²) in [6.45, 7) is 1.77. The quantitative estimate of drug-likeness (QED) is 0.715. The van der Waals surface area contributed by atoms with Crippen LogP contribution < -0.4 is 11.0 Å². The van der Waals surface area contributed by atoms with Gasteiger partial charge in [-0.25, -0.2) is 9.48 Å². The molecule has 0 aliphatic carbocycles. The second-order valence-electron chi connectivity index (χ2n) is 5.98. The molecule has 1 aromatic heterocycles. The molecule has 1 amide bonds. The third-order valence-corrected chi connectivity index (χ3v) is 4.35. The zero-order chi connectivity index (χ0) is 20.1. The lowest BCUT2D eigenvalue weighted by atomic mass is 10.1. The molecule has 1 heterocycles. The van der Waals surface area contributed by atoms with Crippen LogP contribution in [0.2, 0.25) is 5.02 Å². The van der Waals surface area contributed by atoms with Crippen LogP contribution in [0.1, 0.15) is 24.9 Å². The Hall–Kier alpha value is -3.50. The standard InChI is InChI=1S/C20H16ClN5O2/c1-2-18(19(27)24-16-5-3-4-13(10-16)11-22)26-20(28)25-17(12-23-26)14-6-8-15(21)9-7-14/h3-10,12,18H,2H2,1H3,(H,24,27)/t18-/m1/s1. The zero-order valence-corrected chi connectivity index (χ0v) is 15.7. The van der Waals surface area contributed by atoms with Gasteiger partial charge in [0.1, 0.15) is 6.04 Å². The van der Waals surface area contributed by atoms with Gasteiger partial charge >= 0.3 is 5.69 Å². The molecular formula is C20H16ClN5O2. The second kappa shape index (κ2) is 8.46. The molecule has 0 spiro atoms. The summed E-state index contributed by atoms with van der Waals surface area (Å²) >= 11 is 5.87. The highest BCUT2D eigenvalue weighted by Gasteiger charge is 2.22. The van der Waals surface area contributed by atoms with Gasteiger partial charge in [-0.1, -0.05) is 36.7 Å². The van der Waals surface area contributed by atoms with E-state index in [2.05, 4.69) is 15.4 Å². The minimum Gasteiger partial charge on any atom is -0.324 e. The molecule has 1 N–H and O–H groups in total. The van der Waals surface area contributed by atoms with Crippen molar-refractivity contribution >= 4 is 23.2 Å². The van der Waals surface area contributed by atoms with Crippen LogP contribution in [0, 0.1) is 11.3 Å². The van der Waals surface area contributed by atoms with Gasteiger partial charge in [0.25, 0.3) is 0 Å². The third kappa shape index (κ3) is 4.24. The Morgan fingerprint density at radius 2 is 2.04 bits per heavy atom. The molecule has 3 rings (SSSR count). The number of nitrogens with one attached hydrogen (secondary N) is 1. The Kier molecular flexibility index (Phi) is 5.82. The SMILES string of the molecule is CC[C@H](C(=O)Nc1cccc(C#N)c1)n1ncc(-c2ccc(Cl)cc2)nc1=O. The van der Waals surface area contributed by atoms with Crippen LogP contribution in [0.25, 0.3) is 11.3 Å². The molecule has 0 saturated carbocycles. The monoisotopic (exact) mass is 393 g/mol. The maximum Gasteiger partial charge on any atom is 0.365 e. The van der Waals surface area contributed by atoms with E-state index < -0.39 is 17.6 Å². The summed E-state index contributed by atoms with van der Waals surface area (Å²) in [5, 5.41) is 16.4. The molecule has 0 aliphatic rings. The number of rotatable bonds is 5. The van der Waals surface area contributed by atoms with E-state index >= 15 is 0 Å². The summed E-state index contributed by atoms with van der Waals surface area (Å²) in [6.07, 6.45) is 1.79. The highest BCUT2D eigenvalue weighted by atomic mass is 35.5. The van der Waals surface area contributed by atoms with E-state index in [0.717, 1.165) is 4.68 Å². The fourth-order valence-electron chi connectivity index (χ4n) is 2.68. The van der Waals surface area contributed by atoms with Gasteiger partial charge in [0.15, 0.2) is 0 Å². The van der Waals surface area contributed by atoms with Crippen LogP contribution in [0.15, 0.2) is 59.5 Å². The van der Waals surface area contributed by atoms with E-state index in [0.29, 0.717) is 34.0 Å². The smallest absolute Gasteiger partial charge is 0.324 e. The Balaban J connectivity index is 1.85. The Morgan fingerprint density at radius 3 is 2.68 bits per heavy atom.